The Morgan fingerprint density at radius 3 is 2.85 bits per heavy atom. The summed E-state index contributed by atoms with van der Waals surface area (Å²) in [6, 6.07) is 2.26. The minimum absolute atomic E-state index is 0.0298. The van der Waals surface area contributed by atoms with Gasteiger partial charge in [0.15, 0.2) is 0 Å². The first-order valence-electron chi connectivity index (χ1n) is 7.06. The Morgan fingerprint density at radius 2 is 2.20 bits per heavy atom. The molecule has 6 heteroatoms. The Balaban J connectivity index is 1.42. The second-order valence-electron chi connectivity index (χ2n) is 5.73. The van der Waals surface area contributed by atoms with Crippen LogP contribution in [0.2, 0.25) is 0 Å². The minimum atomic E-state index is 0.0298. The van der Waals surface area contributed by atoms with Crippen LogP contribution in [0.25, 0.3) is 0 Å². The fourth-order valence-corrected chi connectivity index (χ4v) is 2.78. The number of nitrogens with zero attached hydrogens (tertiary/aromatic N) is 4. The Hall–Kier alpha value is -2.11. The molecule has 0 bridgehead atoms. The standard InChI is InChI=1S/C14H17N5O/c1-9-15-4-5-19(9)11-7-18(8-11)14(20)13-6-12(16-17-13)10-2-3-10/h4-6,10-11H,2-3,7-8H2,1H3,(H,16,17). The monoisotopic (exact) mass is 271 g/mol. The molecule has 1 amide bonds. The van der Waals surface area contributed by atoms with Crippen molar-refractivity contribution in [1.29, 1.82) is 0 Å². The normalized spacial score (nSPS) is 19.1. The van der Waals surface area contributed by atoms with Gasteiger partial charge in [-0.2, -0.15) is 5.10 Å². The molecule has 2 fully saturated rings. The molecule has 104 valence electrons. The first-order valence-corrected chi connectivity index (χ1v) is 7.06. The number of nitrogens with one attached hydrogen (secondary N) is 1. The number of H-pyrrole nitrogens is 1. The molecule has 2 aromatic rings. The lowest BCUT2D eigenvalue weighted by atomic mass is 10.1. The van der Waals surface area contributed by atoms with Gasteiger partial charge in [-0.25, -0.2) is 4.98 Å². The second kappa shape index (κ2) is 4.19. The van der Waals surface area contributed by atoms with Crippen molar-refractivity contribution in [3.63, 3.8) is 0 Å². The van der Waals surface area contributed by atoms with Crippen LogP contribution in [0.15, 0.2) is 18.5 Å². The molecule has 0 spiro atoms. The summed E-state index contributed by atoms with van der Waals surface area (Å²) in [6.07, 6.45) is 6.19. The van der Waals surface area contributed by atoms with Gasteiger partial charge in [0, 0.05) is 37.1 Å². The maximum absolute atomic E-state index is 12.3. The third kappa shape index (κ3) is 1.83. The van der Waals surface area contributed by atoms with E-state index in [9.17, 15) is 4.79 Å². The lowest BCUT2D eigenvalue weighted by Crippen LogP contribution is -2.50. The molecule has 0 aromatic carbocycles. The molecule has 1 saturated heterocycles. The summed E-state index contributed by atoms with van der Waals surface area (Å²) in [7, 11) is 0. The number of hydrogen-bond donors (Lipinski definition) is 1. The van der Waals surface area contributed by atoms with Crippen molar-refractivity contribution in [2.45, 2.75) is 31.7 Å². The third-order valence-electron chi connectivity index (χ3n) is 4.24. The summed E-state index contributed by atoms with van der Waals surface area (Å²) in [5.74, 6) is 1.63. The van der Waals surface area contributed by atoms with Crippen molar-refractivity contribution in [2.75, 3.05) is 13.1 Å². The summed E-state index contributed by atoms with van der Waals surface area (Å²) < 4.78 is 2.13. The summed E-state index contributed by atoms with van der Waals surface area (Å²) in [5.41, 5.74) is 1.66. The predicted molar refractivity (Wildman–Crippen MR) is 72.5 cm³/mol. The zero-order valence-electron chi connectivity index (χ0n) is 11.4. The maximum atomic E-state index is 12.3. The van der Waals surface area contributed by atoms with Crippen LogP contribution in [0.3, 0.4) is 0 Å². The Labute approximate surface area is 116 Å². The molecule has 6 nitrogen and oxygen atoms in total. The molecular weight excluding hydrogens is 254 g/mol. The Kier molecular flexibility index (Phi) is 2.45. The first kappa shape index (κ1) is 11.7. The van der Waals surface area contributed by atoms with Crippen molar-refractivity contribution < 1.29 is 4.79 Å². The number of rotatable bonds is 3. The SMILES string of the molecule is Cc1nccn1C1CN(C(=O)c2cc(C3CC3)[nH]n2)C1. The smallest absolute Gasteiger partial charge is 0.274 e. The van der Waals surface area contributed by atoms with Gasteiger partial charge in [0.2, 0.25) is 0 Å². The van der Waals surface area contributed by atoms with E-state index in [1.165, 1.54) is 12.8 Å². The topological polar surface area (TPSA) is 66.8 Å². The van der Waals surface area contributed by atoms with E-state index in [2.05, 4.69) is 19.7 Å². The predicted octanol–water partition coefficient (Wildman–Crippen LogP) is 1.49. The van der Waals surface area contributed by atoms with Crippen LogP contribution < -0.4 is 0 Å². The molecule has 1 aliphatic heterocycles. The molecule has 4 rings (SSSR count). The molecule has 20 heavy (non-hydrogen) atoms. The number of amides is 1. The number of aromatic amines is 1. The highest BCUT2D eigenvalue weighted by molar-refractivity contribution is 5.93. The largest absolute Gasteiger partial charge is 0.333 e. The Bertz CT molecular complexity index is 648. The average Bonchev–Trinajstić information content (AvgIpc) is 2.97. The first-order chi connectivity index (χ1) is 9.72. The lowest BCUT2D eigenvalue weighted by molar-refractivity contribution is 0.0511. The summed E-state index contributed by atoms with van der Waals surface area (Å²) in [5, 5.41) is 7.14. The molecule has 0 unspecified atom stereocenters. The van der Waals surface area contributed by atoms with Gasteiger partial charge in [0.1, 0.15) is 11.5 Å². The minimum Gasteiger partial charge on any atom is -0.333 e. The number of carbonyl (C=O) groups is 1. The van der Waals surface area contributed by atoms with Crippen LogP contribution in [0.5, 0.6) is 0 Å². The number of aryl methyl sites for hydroxylation is 1. The third-order valence-corrected chi connectivity index (χ3v) is 4.24. The van der Waals surface area contributed by atoms with Gasteiger partial charge in [-0.05, 0) is 25.8 Å². The summed E-state index contributed by atoms with van der Waals surface area (Å²) in [6.45, 7) is 3.46. The number of carbonyl (C=O) groups excluding carboxylic acids is 1. The van der Waals surface area contributed by atoms with Gasteiger partial charge in [0.25, 0.3) is 5.91 Å². The Morgan fingerprint density at radius 1 is 1.40 bits per heavy atom. The summed E-state index contributed by atoms with van der Waals surface area (Å²) >= 11 is 0. The van der Waals surface area contributed by atoms with Gasteiger partial charge in [0.05, 0.1) is 6.04 Å². The second-order valence-corrected chi connectivity index (χ2v) is 5.73. The molecule has 1 saturated carbocycles. The van der Waals surface area contributed by atoms with E-state index >= 15 is 0 Å². The highest BCUT2D eigenvalue weighted by atomic mass is 16.2. The van der Waals surface area contributed by atoms with E-state index in [4.69, 9.17) is 0 Å². The lowest BCUT2D eigenvalue weighted by Gasteiger charge is -2.39. The maximum Gasteiger partial charge on any atom is 0.274 e. The fourth-order valence-electron chi connectivity index (χ4n) is 2.78. The van der Waals surface area contributed by atoms with Gasteiger partial charge in [-0.15, -0.1) is 0 Å². The van der Waals surface area contributed by atoms with E-state index < -0.39 is 0 Å². The van der Waals surface area contributed by atoms with Crippen molar-refractivity contribution in [3.8, 4) is 0 Å². The molecule has 1 aliphatic carbocycles. The number of imidazole rings is 1. The molecule has 1 N–H and O–H groups in total. The molecule has 2 aromatic heterocycles. The highest BCUT2D eigenvalue weighted by Gasteiger charge is 2.34. The number of likely N-dealkylation sites (tertiary alicyclic amines) is 1. The zero-order chi connectivity index (χ0) is 13.7. The van der Waals surface area contributed by atoms with E-state index in [1.807, 2.05) is 24.1 Å². The zero-order valence-corrected chi connectivity index (χ0v) is 11.4. The van der Waals surface area contributed by atoms with Crippen LogP contribution in [-0.4, -0.2) is 43.6 Å². The van der Waals surface area contributed by atoms with E-state index in [0.29, 0.717) is 17.7 Å². The molecule has 0 radical (unpaired) electrons. The van der Waals surface area contributed by atoms with Crippen molar-refractivity contribution in [3.05, 3.63) is 35.7 Å². The van der Waals surface area contributed by atoms with Crippen molar-refractivity contribution in [1.82, 2.24) is 24.6 Å². The average molecular weight is 271 g/mol. The van der Waals surface area contributed by atoms with Crippen LogP contribution in [0.1, 0.15) is 46.8 Å². The van der Waals surface area contributed by atoms with Crippen LogP contribution in [-0.2, 0) is 0 Å². The van der Waals surface area contributed by atoms with E-state index in [-0.39, 0.29) is 5.91 Å². The molecule has 3 heterocycles. The van der Waals surface area contributed by atoms with Gasteiger partial charge >= 0.3 is 0 Å². The van der Waals surface area contributed by atoms with Crippen LogP contribution in [0, 0.1) is 6.92 Å². The summed E-state index contributed by atoms with van der Waals surface area (Å²) in [4.78, 5) is 18.4. The van der Waals surface area contributed by atoms with Crippen LogP contribution in [0.4, 0.5) is 0 Å². The molecular formula is C14H17N5O. The number of hydrogen-bond acceptors (Lipinski definition) is 3. The fraction of sp³-hybridized carbons (Fsp3) is 0.500. The van der Waals surface area contributed by atoms with Crippen molar-refractivity contribution >= 4 is 5.91 Å². The number of aromatic nitrogens is 4. The van der Waals surface area contributed by atoms with Gasteiger partial charge in [-0.3, -0.25) is 9.89 Å². The quantitative estimate of drug-likeness (QED) is 0.919. The molecule has 2 aliphatic rings. The van der Waals surface area contributed by atoms with E-state index in [1.54, 1.807) is 6.20 Å². The van der Waals surface area contributed by atoms with Crippen LogP contribution >= 0.6 is 0 Å². The van der Waals surface area contributed by atoms with Gasteiger partial charge < -0.3 is 9.47 Å². The molecule has 0 atom stereocenters. The van der Waals surface area contributed by atoms with Crippen molar-refractivity contribution in [2.24, 2.45) is 0 Å². The highest BCUT2D eigenvalue weighted by Crippen LogP contribution is 2.39. The van der Waals surface area contributed by atoms with Gasteiger partial charge in [-0.1, -0.05) is 0 Å². The van der Waals surface area contributed by atoms with E-state index in [0.717, 1.165) is 24.6 Å².